The predicted octanol–water partition coefficient (Wildman–Crippen LogP) is 4.45. The van der Waals surface area contributed by atoms with E-state index >= 15 is 0 Å². The van der Waals surface area contributed by atoms with Crippen LogP contribution in [0.1, 0.15) is 28.8 Å². The number of methoxy groups -OCH3 is 1. The monoisotopic (exact) mass is 484 g/mol. The quantitative estimate of drug-likeness (QED) is 0.511. The number of anilines is 1. The van der Waals surface area contributed by atoms with E-state index in [-0.39, 0.29) is 28.6 Å². The molecule has 3 aromatic rings. The van der Waals surface area contributed by atoms with Crippen LogP contribution in [0.4, 0.5) is 10.1 Å². The van der Waals surface area contributed by atoms with Crippen LogP contribution in [0.25, 0.3) is 0 Å². The van der Waals surface area contributed by atoms with E-state index in [4.69, 9.17) is 9.47 Å². The van der Waals surface area contributed by atoms with Crippen molar-refractivity contribution < 1.29 is 27.1 Å². The molecule has 0 aromatic heterocycles. The summed E-state index contributed by atoms with van der Waals surface area (Å²) in [6.45, 7) is 1.15. The summed E-state index contributed by atoms with van der Waals surface area (Å²) in [6.07, 6.45) is 1.61. The molecular formula is C25H25FN2O5S. The summed E-state index contributed by atoms with van der Waals surface area (Å²) >= 11 is 0. The minimum absolute atomic E-state index is 0.0269. The van der Waals surface area contributed by atoms with E-state index < -0.39 is 15.9 Å². The van der Waals surface area contributed by atoms with Crippen molar-refractivity contribution in [3.05, 3.63) is 83.7 Å². The zero-order chi connectivity index (χ0) is 24.1. The Balaban J connectivity index is 1.49. The van der Waals surface area contributed by atoms with Gasteiger partial charge in [-0.1, -0.05) is 18.2 Å². The second-order valence-electron chi connectivity index (χ2n) is 7.87. The van der Waals surface area contributed by atoms with E-state index in [1.807, 2.05) is 0 Å². The number of nitrogens with one attached hydrogen (secondary N) is 1. The summed E-state index contributed by atoms with van der Waals surface area (Å²) in [5, 5.41) is 2.77. The Hall–Kier alpha value is -3.43. The molecule has 4 rings (SSSR count). The zero-order valence-corrected chi connectivity index (χ0v) is 19.5. The number of sulfonamides is 1. The molecule has 0 aliphatic carbocycles. The van der Waals surface area contributed by atoms with Gasteiger partial charge in [-0.05, 0) is 60.9 Å². The van der Waals surface area contributed by atoms with Crippen molar-refractivity contribution in [1.82, 2.24) is 4.31 Å². The van der Waals surface area contributed by atoms with Gasteiger partial charge in [-0.25, -0.2) is 12.8 Å². The van der Waals surface area contributed by atoms with Crippen LogP contribution in [-0.2, 0) is 16.6 Å². The first-order valence-corrected chi connectivity index (χ1v) is 12.3. The Labute approximate surface area is 198 Å². The maximum atomic E-state index is 13.1. The molecule has 1 heterocycles. The first-order valence-electron chi connectivity index (χ1n) is 10.8. The number of amides is 1. The highest BCUT2D eigenvalue weighted by Crippen LogP contribution is 2.30. The molecule has 9 heteroatoms. The van der Waals surface area contributed by atoms with Crippen molar-refractivity contribution in [3.8, 4) is 11.5 Å². The summed E-state index contributed by atoms with van der Waals surface area (Å²) in [5.74, 6) is -0.0617. The molecule has 0 spiro atoms. The van der Waals surface area contributed by atoms with E-state index in [1.165, 1.54) is 41.7 Å². The molecule has 1 amide bonds. The van der Waals surface area contributed by atoms with E-state index in [0.29, 0.717) is 24.5 Å². The average Bonchev–Trinajstić information content (AvgIpc) is 3.40. The molecule has 1 fully saturated rings. The lowest BCUT2D eigenvalue weighted by Crippen LogP contribution is -2.28. The first-order chi connectivity index (χ1) is 16.4. The van der Waals surface area contributed by atoms with Gasteiger partial charge in [0, 0.05) is 30.4 Å². The predicted molar refractivity (Wildman–Crippen MR) is 126 cm³/mol. The topological polar surface area (TPSA) is 84.9 Å². The molecule has 0 saturated carbocycles. The third-order valence-electron chi connectivity index (χ3n) is 5.52. The van der Waals surface area contributed by atoms with Crippen molar-refractivity contribution in [2.45, 2.75) is 24.3 Å². The maximum absolute atomic E-state index is 13.1. The van der Waals surface area contributed by atoms with Gasteiger partial charge < -0.3 is 14.8 Å². The van der Waals surface area contributed by atoms with Gasteiger partial charge in [0.15, 0.2) is 0 Å². The molecule has 1 aliphatic rings. The lowest BCUT2D eigenvalue weighted by molar-refractivity contribution is 0.102. The molecule has 0 bridgehead atoms. The Morgan fingerprint density at radius 2 is 1.76 bits per heavy atom. The van der Waals surface area contributed by atoms with Crippen molar-refractivity contribution in [2.24, 2.45) is 0 Å². The maximum Gasteiger partial charge on any atom is 0.255 e. The number of carbonyl (C=O) groups is 1. The van der Waals surface area contributed by atoms with Gasteiger partial charge in [-0.3, -0.25) is 4.79 Å². The number of hydrogen-bond donors (Lipinski definition) is 1. The number of carbonyl (C=O) groups excluding carboxylic acids is 1. The molecule has 1 N–H and O–H groups in total. The van der Waals surface area contributed by atoms with Crippen LogP contribution in [0.5, 0.6) is 11.5 Å². The summed E-state index contributed by atoms with van der Waals surface area (Å²) < 4.78 is 51.6. The third-order valence-corrected chi connectivity index (χ3v) is 7.44. The van der Waals surface area contributed by atoms with Crippen LogP contribution in [0.2, 0.25) is 0 Å². The Bertz CT molecular complexity index is 1270. The standard InChI is InChI=1S/C25H25FN2O5S/c1-32-23-12-9-19(15-24(23)34(30,31)28-13-2-3-14-28)25(29)27-21-5-4-6-22(16-21)33-17-18-7-10-20(26)11-8-18/h4-12,15-16H,2-3,13-14,17H2,1H3,(H,27,29). The Kier molecular flexibility index (Phi) is 7.14. The van der Waals surface area contributed by atoms with Crippen molar-refractivity contribution >= 4 is 21.6 Å². The summed E-state index contributed by atoms with van der Waals surface area (Å²) in [6, 6.07) is 17.2. The number of rotatable bonds is 8. The molecule has 3 aromatic carbocycles. The average molecular weight is 485 g/mol. The third kappa shape index (κ3) is 5.37. The largest absolute Gasteiger partial charge is 0.495 e. The Morgan fingerprint density at radius 3 is 2.47 bits per heavy atom. The number of hydrogen-bond acceptors (Lipinski definition) is 5. The highest BCUT2D eigenvalue weighted by atomic mass is 32.2. The number of halogens is 1. The smallest absolute Gasteiger partial charge is 0.255 e. The molecule has 0 radical (unpaired) electrons. The molecular weight excluding hydrogens is 459 g/mol. The van der Waals surface area contributed by atoms with E-state index in [1.54, 1.807) is 36.4 Å². The van der Waals surface area contributed by atoms with Crippen molar-refractivity contribution in [1.29, 1.82) is 0 Å². The Morgan fingerprint density at radius 1 is 1.03 bits per heavy atom. The summed E-state index contributed by atoms with van der Waals surface area (Å²) in [7, 11) is -2.37. The highest BCUT2D eigenvalue weighted by molar-refractivity contribution is 7.89. The molecule has 1 aliphatic heterocycles. The van der Waals surface area contributed by atoms with Crippen LogP contribution < -0.4 is 14.8 Å². The second-order valence-corrected chi connectivity index (χ2v) is 9.78. The fraction of sp³-hybridized carbons (Fsp3) is 0.240. The fourth-order valence-electron chi connectivity index (χ4n) is 3.70. The van der Waals surface area contributed by atoms with Crippen molar-refractivity contribution in [2.75, 3.05) is 25.5 Å². The lowest BCUT2D eigenvalue weighted by Gasteiger charge is -2.18. The fourth-order valence-corrected chi connectivity index (χ4v) is 5.40. The molecule has 178 valence electrons. The first kappa shape index (κ1) is 23.7. The molecule has 0 unspecified atom stereocenters. The minimum Gasteiger partial charge on any atom is -0.495 e. The molecule has 7 nitrogen and oxygen atoms in total. The second kappa shape index (κ2) is 10.2. The summed E-state index contributed by atoms with van der Waals surface area (Å²) in [4.78, 5) is 12.9. The molecule has 1 saturated heterocycles. The van der Waals surface area contributed by atoms with Gasteiger partial charge in [-0.2, -0.15) is 4.31 Å². The highest BCUT2D eigenvalue weighted by Gasteiger charge is 2.30. The van der Waals surface area contributed by atoms with Gasteiger partial charge in [0.25, 0.3) is 5.91 Å². The van der Waals surface area contributed by atoms with E-state index in [2.05, 4.69) is 5.32 Å². The van der Waals surface area contributed by atoms with Crippen LogP contribution in [0.3, 0.4) is 0 Å². The zero-order valence-electron chi connectivity index (χ0n) is 18.7. The van der Waals surface area contributed by atoms with Crippen LogP contribution >= 0.6 is 0 Å². The lowest BCUT2D eigenvalue weighted by atomic mass is 10.2. The van der Waals surface area contributed by atoms with Crippen LogP contribution in [-0.4, -0.2) is 38.8 Å². The van der Waals surface area contributed by atoms with Gasteiger partial charge >= 0.3 is 0 Å². The molecule has 34 heavy (non-hydrogen) atoms. The number of ether oxygens (including phenoxy) is 2. The normalized spacial score (nSPS) is 14.1. The number of nitrogens with zero attached hydrogens (tertiary/aromatic N) is 1. The van der Waals surface area contributed by atoms with Gasteiger partial charge in [0.05, 0.1) is 7.11 Å². The van der Waals surface area contributed by atoms with Gasteiger partial charge in [-0.15, -0.1) is 0 Å². The van der Waals surface area contributed by atoms with E-state index in [9.17, 15) is 17.6 Å². The minimum atomic E-state index is -3.77. The van der Waals surface area contributed by atoms with E-state index in [0.717, 1.165) is 18.4 Å². The van der Waals surface area contributed by atoms with Crippen molar-refractivity contribution in [3.63, 3.8) is 0 Å². The molecule has 0 atom stereocenters. The van der Waals surface area contributed by atoms with Gasteiger partial charge in [0.2, 0.25) is 10.0 Å². The van der Waals surface area contributed by atoms with Crippen LogP contribution in [0.15, 0.2) is 71.6 Å². The van der Waals surface area contributed by atoms with Gasteiger partial charge in [0.1, 0.15) is 28.8 Å². The van der Waals surface area contributed by atoms with Crippen LogP contribution in [0, 0.1) is 5.82 Å². The SMILES string of the molecule is COc1ccc(C(=O)Nc2cccc(OCc3ccc(F)cc3)c2)cc1S(=O)(=O)N1CCCC1. The number of benzene rings is 3. The summed E-state index contributed by atoms with van der Waals surface area (Å²) in [5.41, 5.74) is 1.48.